The van der Waals surface area contributed by atoms with Gasteiger partial charge in [0, 0.05) is 0 Å². The number of hydrogen-bond acceptors (Lipinski definition) is 3. The molecule has 1 saturated carbocycles. The minimum absolute atomic E-state index is 0.0991. The first-order valence-corrected chi connectivity index (χ1v) is 5.84. The van der Waals surface area contributed by atoms with E-state index in [4.69, 9.17) is 4.74 Å². The predicted octanol–water partition coefficient (Wildman–Crippen LogP) is 2.26. The maximum absolute atomic E-state index is 11.5. The molecular formula is C13H14N2O2. The molecule has 4 heteroatoms. The zero-order valence-electron chi connectivity index (χ0n) is 9.64. The van der Waals surface area contributed by atoms with E-state index in [0.717, 1.165) is 17.5 Å². The van der Waals surface area contributed by atoms with Crippen molar-refractivity contribution in [2.24, 2.45) is 11.8 Å². The van der Waals surface area contributed by atoms with E-state index in [0.29, 0.717) is 11.7 Å². The van der Waals surface area contributed by atoms with Crippen LogP contribution in [0.3, 0.4) is 0 Å². The zero-order chi connectivity index (χ0) is 11.8. The maximum Gasteiger partial charge on any atom is 0.309 e. The Labute approximate surface area is 99.0 Å². The van der Waals surface area contributed by atoms with Crippen molar-refractivity contribution < 1.29 is 9.53 Å². The Morgan fingerprint density at radius 3 is 3.00 bits per heavy atom. The number of esters is 1. The van der Waals surface area contributed by atoms with Gasteiger partial charge in [0.1, 0.15) is 12.4 Å². The Bertz CT molecular complexity index is 528. The highest BCUT2D eigenvalue weighted by Gasteiger charge is 2.40. The summed E-state index contributed by atoms with van der Waals surface area (Å²) in [6.45, 7) is 2.30. The van der Waals surface area contributed by atoms with E-state index in [2.05, 4.69) is 16.9 Å². The lowest BCUT2D eigenvalue weighted by molar-refractivity contribution is -0.147. The number of H-pyrrole nitrogens is 1. The summed E-state index contributed by atoms with van der Waals surface area (Å²) >= 11 is 0. The summed E-state index contributed by atoms with van der Waals surface area (Å²) in [5.41, 5.74) is 1.87. The standard InChI is InChI=1S/C13H14N2O2/c1-8-6-9(8)13(16)17-7-12-14-10-4-2-3-5-11(10)15-12/h2-5,8-9H,6-7H2,1H3,(H,14,15). The summed E-state index contributed by atoms with van der Waals surface area (Å²) in [5.74, 6) is 1.20. The third-order valence-corrected chi connectivity index (χ3v) is 3.20. The van der Waals surface area contributed by atoms with Gasteiger partial charge in [0.05, 0.1) is 17.0 Å². The van der Waals surface area contributed by atoms with E-state index in [9.17, 15) is 4.79 Å². The second-order valence-electron chi connectivity index (χ2n) is 4.63. The molecule has 17 heavy (non-hydrogen) atoms. The number of aromatic amines is 1. The van der Waals surface area contributed by atoms with Gasteiger partial charge in [-0.15, -0.1) is 0 Å². The second-order valence-corrected chi connectivity index (χ2v) is 4.63. The molecule has 88 valence electrons. The van der Waals surface area contributed by atoms with E-state index in [1.54, 1.807) is 0 Å². The molecule has 1 N–H and O–H groups in total. The second kappa shape index (κ2) is 3.87. The van der Waals surface area contributed by atoms with Gasteiger partial charge in [0.15, 0.2) is 0 Å². The summed E-state index contributed by atoms with van der Waals surface area (Å²) < 4.78 is 5.22. The van der Waals surface area contributed by atoms with Crippen molar-refractivity contribution >= 4 is 17.0 Å². The quantitative estimate of drug-likeness (QED) is 0.823. The van der Waals surface area contributed by atoms with Crippen molar-refractivity contribution in [2.45, 2.75) is 20.0 Å². The lowest BCUT2D eigenvalue weighted by Crippen LogP contribution is -2.08. The molecule has 0 saturated heterocycles. The predicted molar refractivity (Wildman–Crippen MR) is 63.2 cm³/mol. The van der Waals surface area contributed by atoms with Crippen molar-refractivity contribution in [1.29, 1.82) is 0 Å². The van der Waals surface area contributed by atoms with Gasteiger partial charge in [0.2, 0.25) is 0 Å². The fraction of sp³-hybridized carbons (Fsp3) is 0.385. The van der Waals surface area contributed by atoms with Crippen LogP contribution in [0.2, 0.25) is 0 Å². The largest absolute Gasteiger partial charge is 0.457 e. The highest BCUT2D eigenvalue weighted by molar-refractivity contribution is 5.76. The molecule has 1 aliphatic carbocycles. The zero-order valence-corrected chi connectivity index (χ0v) is 9.64. The van der Waals surface area contributed by atoms with Gasteiger partial charge in [-0.3, -0.25) is 4.79 Å². The molecule has 0 spiro atoms. The minimum Gasteiger partial charge on any atom is -0.457 e. The maximum atomic E-state index is 11.5. The third kappa shape index (κ3) is 2.02. The number of aromatic nitrogens is 2. The lowest BCUT2D eigenvalue weighted by Gasteiger charge is -2.00. The molecule has 2 atom stereocenters. The first-order valence-electron chi connectivity index (χ1n) is 5.84. The average molecular weight is 230 g/mol. The molecule has 1 aromatic heterocycles. The molecule has 2 unspecified atom stereocenters. The molecule has 1 heterocycles. The Kier molecular flexibility index (Phi) is 2.35. The molecule has 0 radical (unpaired) electrons. The number of para-hydroxylation sites is 2. The van der Waals surface area contributed by atoms with Crippen LogP contribution in [0.15, 0.2) is 24.3 Å². The molecule has 4 nitrogen and oxygen atoms in total. The van der Waals surface area contributed by atoms with Gasteiger partial charge in [-0.1, -0.05) is 19.1 Å². The summed E-state index contributed by atoms with van der Waals surface area (Å²) in [6, 6.07) is 7.77. The van der Waals surface area contributed by atoms with E-state index in [1.165, 1.54) is 0 Å². The third-order valence-electron chi connectivity index (χ3n) is 3.20. The monoisotopic (exact) mass is 230 g/mol. The lowest BCUT2D eigenvalue weighted by atomic mass is 10.3. The van der Waals surface area contributed by atoms with Crippen LogP contribution in [0, 0.1) is 11.8 Å². The van der Waals surface area contributed by atoms with Crippen LogP contribution in [0.4, 0.5) is 0 Å². The van der Waals surface area contributed by atoms with E-state index in [-0.39, 0.29) is 18.5 Å². The fourth-order valence-electron chi connectivity index (χ4n) is 1.97. The number of rotatable bonds is 3. The van der Waals surface area contributed by atoms with Gasteiger partial charge in [0.25, 0.3) is 0 Å². The van der Waals surface area contributed by atoms with Crippen molar-refractivity contribution in [3.05, 3.63) is 30.1 Å². The van der Waals surface area contributed by atoms with Crippen LogP contribution < -0.4 is 0 Å². The fourth-order valence-corrected chi connectivity index (χ4v) is 1.97. The Morgan fingerprint density at radius 2 is 2.29 bits per heavy atom. The topological polar surface area (TPSA) is 55.0 Å². The SMILES string of the molecule is CC1CC1C(=O)OCc1nc2ccccc2[nH]1. The number of benzene rings is 1. The normalized spacial score (nSPS) is 22.6. The number of ether oxygens (including phenoxy) is 1. The van der Waals surface area contributed by atoms with Crippen LogP contribution in [0.25, 0.3) is 11.0 Å². The van der Waals surface area contributed by atoms with E-state index >= 15 is 0 Å². The van der Waals surface area contributed by atoms with Crippen molar-refractivity contribution in [3.8, 4) is 0 Å². The molecule has 0 bridgehead atoms. The molecule has 0 amide bonds. The Balaban J connectivity index is 1.66. The molecule has 3 rings (SSSR count). The number of carbonyl (C=O) groups excluding carboxylic acids is 1. The van der Waals surface area contributed by atoms with E-state index in [1.807, 2.05) is 24.3 Å². The van der Waals surface area contributed by atoms with Crippen LogP contribution in [-0.4, -0.2) is 15.9 Å². The number of nitrogens with zero attached hydrogens (tertiary/aromatic N) is 1. The van der Waals surface area contributed by atoms with Crippen molar-refractivity contribution in [2.75, 3.05) is 0 Å². The van der Waals surface area contributed by atoms with Gasteiger partial charge < -0.3 is 9.72 Å². The van der Waals surface area contributed by atoms with E-state index < -0.39 is 0 Å². The molecule has 0 aliphatic heterocycles. The van der Waals surface area contributed by atoms with Crippen molar-refractivity contribution in [1.82, 2.24) is 9.97 Å². The Morgan fingerprint density at radius 1 is 1.53 bits per heavy atom. The first kappa shape index (κ1) is 10.3. The highest BCUT2D eigenvalue weighted by Crippen LogP contribution is 2.38. The summed E-state index contributed by atoms with van der Waals surface area (Å²) in [7, 11) is 0. The molecule has 1 aromatic carbocycles. The number of carbonyl (C=O) groups is 1. The van der Waals surface area contributed by atoms with Gasteiger partial charge in [-0.2, -0.15) is 0 Å². The highest BCUT2D eigenvalue weighted by atomic mass is 16.5. The first-order chi connectivity index (χ1) is 8.24. The summed E-state index contributed by atoms with van der Waals surface area (Å²) in [4.78, 5) is 19.0. The number of hydrogen-bond donors (Lipinski definition) is 1. The van der Waals surface area contributed by atoms with Crippen LogP contribution >= 0.6 is 0 Å². The van der Waals surface area contributed by atoms with Gasteiger partial charge in [-0.25, -0.2) is 4.98 Å². The molecule has 2 aromatic rings. The minimum atomic E-state index is -0.0991. The average Bonchev–Trinajstić information content (AvgIpc) is 2.92. The van der Waals surface area contributed by atoms with Crippen LogP contribution in [-0.2, 0) is 16.1 Å². The number of fused-ring (bicyclic) bond motifs is 1. The van der Waals surface area contributed by atoms with Crippen LogP contribution in [0.1, 0.15) is 19.2 Å². The van der Waals surface area contributed by atoms with Crippen molar-refractivity contribution in [3.63, 3.8) is 0 Å². The summed E-state index contributed by atoms with van der Waals surface area (Å²) in [5, 5.41) is 0. The molecule has 1 fully saturated rings. The number of nitrogens with one attached hydrogen (secondary N) is 1. The Hall–Kier alpha value is -1.84. The molecule has 1 aliphatic rings. The molecular weight excluding hydrogens is 216 g/mol. The number of imidazole rings is 1. The smallest absolute Gasteiger partial charge is 0.309 e. The van der Waals surface area contributed by atoms with Gasteiger partial charge >= 0.3 is 5.97 Å². The summed E-state index contributed by atoms with van der Waals surface area (Å²) in [6.07, 6.45) is 0.957. The van der Waals surface area contributed by atoms with Gasteiger partial charge in [-0.05, 0) is 24.5 Å². The van der Waals surface area contributed by atoms with Crippen LogP contribution in [0.5, 0.6) is 0 Å².